The Morgan fingerprint density at radius 2 is 1.23 bits per heavy atom. The quantitative estimate of drug-likeness (QED) is 0.228. The van der Waals surface area contributed by atoms with Gasteiger partial charge in [-0.2, -0.15) is 0 Å². The zero-order valence-corrected chi connectivity index (χ0v) is 20.3. The molecule has 0 bridgehead atoms. The first-order valence-electron chi connectivity index (χ1n) is 10.2. The van der Waals surface area contributed by atoms with Crippen LogP contribution in [-0.2, 0) is 23.5 Å². The number of para-hydroxylation sites is 1. The molecule has 1 nitrogen and oxygen atoms in total. The van der Waals surface area contributed by atoms with E-state index in [4.69, 9.17) is 23.9 Å². The Morgan fingerprint density at radius 1 is 0.677 bits per heavy atom. The van der Waals surface area contributed by atoms with Crippen molar-refractivity contribution in [1.82, 2.24) is 0 Å². The summed E-state index contributed by atoms with van der Waals surface area (Å²) in [4.78, 5) is 0. The van der Waals surface area contributed by atoms with E-state index in [1.807, 2.05) is 18.2 Å². The summed E-state index contributed by atoms with van der Waals surface area (Å²) in [5, 5.41) is 4.95. The molecule has 0 radical (unpaired) electrons. The Balaban J connectivity index is 0.000000730. The zero-order chi connectivity index (χ0) is 21.6. The Hall–Kier alpha value is -2.03. The van der Waals surface area contributed by atoms with Gasteiger partial charge in [0.25, 0.3) is 0 Å². The van der Waals surface area contributed by atoms with Crippen molar-refractivity contribution < 1.29 is 17.0 Å². The molecule has 5 rings (SSSR count). The van der Waals surface area contributed by atoms with E-state index in [2.05, 4.69) is 85.8 Å². The summed E-state index contributed by atoms with van der Waals surface area (Å²) in [7, 11) is 9.78. The number of halogens is 2. The van der Waals surface area contributed by atoms with Crippen molar-refractivity contribution in [2.45, 2.75) is 19.4 Å². The normalized spacial score (nSPS) is 12.1. The molecule has 0 fully saturated rings. The van der Waals surface area contributed by atoms with Gasteiger partial charge in [0.2, 0.25) is 0 Å². The summed E-state index contributed by atoms with van der Waals surface area (Å²) in [5.74, 6) is 0. The van der Waals surface area contributed by atoms with Crippen LogP contribution >= 0.6 is 18.6 Å². The zero-order valence-electron chi connectivity index (χ0n) is 17.2. The van der Waals surface area contributed by atoms with Gasteiger partial charge in [0.05, 0.1) is 0 Å². The summed E-state index contributed by atoms with van der Waals surface area (Å²) in [5.41, 5.74) is 10.5. The standard InChI is InChI=1S/C27H22N.2ClH.Ti/c1-19(28-21-11-3-2-4-12-21)22-13-7-8-15-24(22)26-17-9-16-25-23-14-6-5-10-20(23)18-27(25)26;;;/h2-17,19H,18H2,1H3;2*1H;/q-1;;;+2/p-2. The minimum atomic E-state index is -0.556. The average molecular weight is 479 g/mol. The maximum atomic E-state index is 4.95. The van der Waals surface area contributed by atoms with Gasteiger partial charge in [-0.3, -0.25) is 0 Å². The molecule has 0 saturated carbocycles. The third-order valence-electron chi connectivity index (χ3n) is 5.65. The van der Waals surface area contributed by atoms with Gasteiger partial charge in [-0.1, -0.05) is 116 Å². The van der Waals surface area contributed by atoms with Crippen molar-refractivity contribution in [2.75, 3.05) is 0 Å². The molecule has 0 saturated heterocycles. The second-order valence-corrected chi connectivity index (χ2v) is 10.0. The third kappa shape index (κ3) is 4.91. The van der Waals surface area contributed by atoms with E-state index in [0.717, 1.165) is 12.1 Å². The van der Waals surface area contributed by atoms with Gasteiger partial charge in [-0.25, -0.2) is 0 Å². The van der Waals surface area contributed by atoms with Crippen LogP contribution in [0.4, 0.5) is 5.69 Å². The third-order valence-corrected chi connectivity index (χ3v) is 5.65. The number of hydrogen-bond donors (Lipinski definition) is 0. The summed E-state index contributed by atoms with van der Waals surface area (Å²) in [6, 6.07) is 34.5. The van der Waals surface area contributed by atoms with Crippen LogP contribution < -0.4 is 0 Å². The number of hydrogen-bond acceptors (Lipinski definition) is 0. The first-order valence-corrected chi connectivity index (χ1v) is 14.5. The molecular weight excluding hydrogens is 457 g/mol. The molecule has 4 aromatic rings. The summed E-state index contributed by atoms with van der Waals surface area (Å²) in [6.07, 6.45) is 1.00. The number of fused-ring (bicyclic) bond motifs is 3. The first kappa shape index (κ1) is 22.2. The van der Waals surface area contributed by atoms with Crippen molar-refractivity contribution in [3.8, 4) is 22.3 Å². The van der Waals surface area contributed by atoms with E-state index < -0.39 is 17.0 Å². The molecule has 1 aliphatic carbocycles. The van der Waals surface area contributed by atoms with E-state index in [-0.39, 0.29) is 6.04 Å². The van der Waals surface area contributed by atoms with Gasteiger partial charge in [0.1, 0.15) is 0 Å². The Kier molecular flexibility index (Phi) is 7.53. The van der Waals surface area contributed by atoms with Gasteiger partial charge < -0.3 is 5.32 Å². The molecule has 154 valence electrons. The fraction of sp³-hybridized carbons (Fsp3) is 0.111. The molecule has 1 atom stereocenters. The van der Waals surface area contributed by atoms with Gasteiger partial charge in [0.15, 0.2) is 0 Å². The first-order chi connectivity index (χ1) is 15.2. The SMILES string of the molecule is CC([N-]c1ccccc1)c1ccccc1-c1cccc2c1Cc1ccccc1-2.[Cl][Ti][Cl]. The average Bonchev–Trinajstić information content (AvgIpc) is 3.19. The summed E-state index contributed by atoms with van der Waals surface area (Å²) < 4.78 is 0. The number of benzene rings is 4. The molecular formula is C27H22Cl2NTi-. The van der Waals surface area contributed by atoms with Crippen LogP contribution in [0.5, 0.6) is 0 Å². The predicted molar refractivity (Wildman–Crippen MR) is 130 cm³/mol. The monoisotopic (exact) mass is 478 g/mol. The minimum absolute atomic E-state index is 0.0956. The van der Waals surface area contributed by atoms with Crippen LogP contribution in [0, 0.1) is 0 Å². The van der Waals surface area contributed by atoms with Crippen molar-refractivity contribution in [3.63, 3.8) is 0 Å². The molecule has 0 spiro atoms. The van der Waals surface area contributed by atoms with Crippen molar-refractivity contribution in [2.24, 2.45) is 0 Å². The summed E-state index contributed by atoms with van der Waals surface area (Å²) >= 11 is -0.556. The van der Waals surface area contributed by atoms with Gasteiger partial charge >= 0.3 is 35.6 Å². The van der Waals surface area contributed by atoms with Gasteiger partial charge in [0, 0.05) is 0 Å². The molecule has 0 heterocycles. The van der Waals surface area contributed by atoms with E-state index in [1.165, 1.54) is 38.9 Å². The van der Waals surface area contributed by atoms with E-state index in [0.29, 0.717) is 0 Å². The van der Waals surface area contributed by atoms with Crippen LogP contribution in [-0.4, -0.2) is 0 Å². The van der Waals surface area contributed by atoms with Crippen LogP contribution in [0.15, 0.2) is 97.1 Å². The van der Waals surface area contributed by atoms with Crippen molar-refractivity contribution in [3.05, 3.63) is 119 Å². The molecule has 0 N–H and O–H groups in total. The Morgan fingerprint density at radius 3 is 1.97 bits per heavy atom. The number of nitrogens with zero attached hydrogens (tertiary/aromatic N) is 1. The molecule has 4 heteroatoms. The van der Waals surface area contributed by atoms with E-state index in [9.17, 15) is 0 Å². The number of rotatable bonds is 4. The van der Waals surface area contributed by atoms with E-state index in [1.54, 1.807) is 0 Å². The van der Waals surface area contributed by atoms with Crippen molar-refractivity contribution in [1.29, 1.82) is 0 Å². The van der Waals surface area contributed by atoms with Crippen LogP contribution in [0.3, 0.4) is 0 Å². The van der Waals surface area contributed by atoms with Gasteiger partial charge in [-0.05, 0) is 39.8 Å². The molecule has 1 unspecified atom stereocenters. The van der Waals surface area contributed by atoms with Crippen LogP contribution in [0.25, 0.3) is 27.6 Å². The predicted octanol–water partition coefficient (Wildman–Crippen LogP) is 9.07. The second kappa shape index (κ2) is 10.5. The molecule has 0 aliphatic heterocycles. The van der Waals surface area contributed by atoms with Crippen molar-refractivity contribution >= 4 is 24.3 Å². The Labute approximate surface area is 201 Å². The van der Waals surface area contributed by atoms with Crippen LogP contribution in [0.1, 0.15) is 29.7 Å². The molecule has 0 aromatic heterocycles. The maximum absolute atomic E-state index is 4.95. The molecule has 4 aromatic carbocycles. The Bertz CT molecular complexity index is 1160. The molecule has 31 heavy (non-hydrogen) atoms. The van der Waals surface area contributed by atoms with Crippen LogP contribution in [0.2, 0.25) is 0 Å². The molecule has 0 amide bonds. The fourth-order valence-corrected chi connectivity index (χ4v) is 4.32. The van der Waals surface area contributed by atoms with E-state index >= 15 is 0 Å². The topological polar surface area (TPSA) is 14.1 Å². The summed E-state index contributed by atoms with van der Waals surface area (Å²) in [6.45, 7) is 2.18. The molecule has 1 aliphatic rings. The van der Waals surface area contributed by atoms with Gasteiger partial charge in [-0.15, -0.1) is 5.69 Å². The second-order valence-electron chi connectivity index (χ2n) is 7.46. The fourth-order valence-electron chi connectivity index (χ4n) is 4.32.